The summed E-state index contributed by atoms with van der Waals surface area (Å²) in [5.41, 5.74) is 2.22. The third-order valence-corrected chi connectivity index (χ3v) is 11.3. The fraction of sp³-hybridized carbons (Fsp3) is 0.581. The first-order chi connectivity index (χ1) is 17.9. The summed E-state index contributed by atoms with van der Waals surface area (Å²) < 4.78 is 6.81. The maximum absolute atomic E-state index is 14.1. The van der Waals surface area contributed by atoms with Crippen molar-refractivity contribution in [2.75, 3.05) is 20.1 Å². The Labute approximate surface area is 218 Å². The van der Waals surface area contributed by atoms with Crippen LogP contribution in [0.4, 0.5) is 0 Å². The molecule has 8 rings (SSSR count). The van der Waals surface area contributed by atoms with Crippen LogP contribution in [0.2, 0.25) is 0 Å². The topological polar surface area (TPSA) is 73.2 Å². The average molecular weight is 501 g/mol. The first-order valence-electron chi connectivity index (χ1n) is 14.2. The number of hydrogen-bond donors (Lipinski definition) is 2. The summed E-state index contributed by atoms with van der Waals surface area (Å²) in [5, 5.41) is 23.1. The zero-order valence-electron chi connectivity index (χ0n) is 21.5. The minimum atomic E-state index is -0.901. The molecule has 194 valence electrons. The van der Waals surface area contributed by atoms with Crippen LogP contribution in [0.25, 0.3) is 0 Å². The van der Waals surface area contributed by atoms with E-state index < -0.39 is 17.6 Å². The van der Waals surface area contributed by atoms with Gasteiger partial charge in [0.05, 0.1) is 11.3 Å². The van der Waals surface area contributed by atoms with E-state index in [-0.39, 0.29) is 22.5 Å². The van der Waals surface area contributed by atoms with E-state index in [4.69, 9.17) is 4.74 Å². The summed E-state index contributed by atoms with van der Waals surface area (Å²) in [7, 11) is 1.86. The summed E-state index contributed by atoms with van der Waals surface area (Å²) >= 11 is 0. The molecule has 1 spiro atoms. The molecule has 2 heterocycles. The Morgan fingerprint density at radius 1 is 1.14 bits per heavy atom. The number of aliphatic hydroxyl groups excluding tert-OH is 1. The van der Waals surface area contributed by atoms with E-state index >= 15 is 0 Å². The van der Waals surface area contributed by atoms with Crippen LogP contribution in [0.5, 0.6) is 11.5 Å². The molecule has 2 aliphatic heterocycles. The molecule has 2 N–H and O–H groups in total. The molecule has 1 amide bonds. The summed E-state index contributed by atoms with van der Waals surface area (Å²) in [6.07, 6.45) is 6.02. The number of phenolic OH excluding ortho intramolecular Hbond substituents is 1. The molecule has 0 aromatic heterocycles. The SMILES string of the molecule is CN(Cc1ccccc1)C(=O)[C@H]1C[C@]23CCC4(Oc5c(O)ccc6c5[C@@]42CCN(CC2CC2)[C@@H]3C6)C1O. The Balaban J connectivity index is 1.24. The number of phenols is 1. The van der Waals surface area contributed by atoms with Crippen molar-refractivity contribution in [2.45, 2.75) is 74.7 Å². The van der Waals surface area contributed by atoms with Crippen molar-refractivity contribution in [1.29, 1.82) is 0 Å². The van der Waals surface area contributed by atoms with Crippen LogP contribution in [0.15, 0.2) is 42.5 Å². The van der Waals surface area contributed by atoms with E-state index in [1.807, 2.05) is 37.4 Å². The lowest BCUT2D eigenvalue weighted by molar-refractivity contribution is -0.200. The molecule has 1 saturated heterocycles. The zero-order chi connectivity index (χ0) is 25.2. The third kappa shape index (κ3) is 2.61. The van der Waals surface area contributed by atoms with Crippen molar-refractivity contribution in [3.8, 4) is 11.5 Å². The molecule has 2 aromatic carbocycles. The number of nitrogens with zero attached hydrogens (tertiary/aromatic N) is 2. The van der Waals surface area contributed by atoms with Crippen molar-refractivity contribution in [1.82, 2.24) is 9.80 Å². The predicted octanol–water partition coefficient (Wildman–Crippen LogP) is 3.62. The van der Waals surface area contributed by atoms with Gasteiger partial charge in [0, 0.05) is 37.2 Å². The van der Waals surface area contributed by atoms with Crippen LogP contribution in [-0.4, -0.2) is 63.8 Å². The van der Waals surface area contributed by atoms with E-state index in [1.54, 1.807) is 11.0 Å². The highest BCUT2D eigenvalue weighted by atomic mass is 16.5. The van der Waals surface area contributed by atoms with Crippen LogP contribution in [0.1, 0.15) is 55.2 Å². The van der Waals surface area contributed by atoms with Crippen molar-refractivity contribution >= 4 is 5.91 Å². The minimum absolute atomic E-state index is 0.00763. The smallest absolute Gasteiger partial charge is 0.228 e. The van der Waals surface area contributed by atoms with E-state index in [9.17, 15) is 15.0 Å². The third-order valence-electron chi connectivity index (χ3n) is 11.3. The van der Waals surface area contributed by atoms with Gasteiger partial charge in [0.15, 0.2) is 11.5 Å². The maximum atomic E-state index is 14.1. The van der Waals surface area contributed by atoms with Gasteiger partial charge in [-0.15, -0.1) is 0 Å². The van der Waals surface area contributed by atoms with Crippen molar-refractivity contribution < 1.29 is 19.7 Å². The number of likely N-dealkylation sites (tertiary alicyclic amines) is 1. The lowest BCUT2D eigenvalue weighted by atomic mass is 9.42. The van der Waals surface area contributed by atoms with Crippen LogP contribution in [-0.2, 0) is 23.2 Å². The van der Waals surface area contributed by atoms with Gasteiger partial charge in [-0.3, -0.25) is 9.69 Å². The largest absolute Gasteiger partial charge is 0.504 e. The van der Waals surface area contributed by atoms with E-state index in [2.05, 4.69) is 11.0 Å². The number of aromatic hydroxyl groups is 1. The van der Waals surface area contributed by atoms with Gasteiger partial charge in [-0.25, -0.2) is 0 Å². The van der Waals surface area contributed by atoms with Crippen LogP contribution >= 0.6 is 0 Å². The molecular formula is C31H36N2O4. The minimum Gasteiger partial charge on any atom is -0.504 e. The highest BCUT2D eigenvalue weighted by Gasteiger charge is 2.84. The molecule has 2 unspecified atom stereocenters. The lowest BCUT2D eigenvalue weighted by Crippen LogP contribution is -2.76. The molecule has 2 aromatic rings. The van der Waals surface area contributed by atoms with Gasteiger partial charge in [0.2, 0.25) is 5.91 Å². The van der Waals surface area contributed by atoms with Crippen molar-refractivity contribution in [3.05, 3.63) is 59.2 Å². The molecule has 6 atom stereocenters. The van der Waals surface area contributed by atoms with Crippen molar-refractivity contribution in [3.63, 3.8) is 0 Å². The summed E-state index contributed by atoms with van der Waals surface area (Å²) in [6, 6.07) is 14.3. The number of carbonyl (C=O) groups is 1. The molecule has 4 aliphatic carbocycles. The lowest BCUT2D eigenvalue weighted by Gasteiger charge is -2.66. The number of rotatable bonds is 5. The number of benzene rings is 2. The standard InChI is InChI=1S/C31H36N2O4/c1-32(17-19-5-3-2-4-6-19)28(36)22-16-29-11-12-31(27(22)35)30(29)13-14-33(18-20-7-8-20)24(29)15-21-9-10-23(34)26(37-31)25(21)30/h2-6,9-10,20,22,24,27,34-35H,7-8,11-18H2,1H3/t22-,24+,27?,29-,30+,31?/m0/s1. The number of hydrogen-bond acceptors (Lipinski definition) is 5. The van der Waals surface area contributed by atoms with E-state index in [0.29, 0.717) is 24.8 Å². The highest BCUT2D eigenvalue weighted by molar-refractivity contribution is 5.81. The van der Waals surface area contributed by atoms with Gasteiger partial charge >= 0.3 is 0 Å². The highest BCUT2D eigenvalue weighted by Crippen LogP contribution is 2.79. The van der Waals surface area contributed by atoms with E-state index in [1.165, 1.54) is 18.4 Å². The van der Waals surface area contributed by atoms with Gasteiger partial charge < -0.3 is 19.8 Å². The monoisotopic (exact) mass is 500 g/mol. The fourth-order valence-corrected chi connectivity index (χ4v) is 9.77. The Hall–Kier alpha value is -2.57. The fourth-order valence-electron chi connectivity index (χ4n) is 9.77. The molecular weight excluding hydrogens is 464 g/mol. The van der Waals surface area contributed by atoms with Gasteiger partial charge in [-0.05, 0) is 74.6 Å². The summed E-state index contributed by atoms with van der Waals surface area (Å²) in [6.45, 7) is 2.67. The molecule has 3 saturated carbocycles. The maximum Gasteiger partial charge on any atom is 0.228 e. The second-order valence-electron chi connectivity index (χ2n) is 12.8. The van der Waals surface area contributed by atoms with Crippen LogP contribution in [0, 0.1) is 17.3 Å². The van der Waals surface area contributed by atoms with E-state index in [0.717, 1.165) is 55.8 Å². The van der Waals surface area contributed by atoms with Crippen molar-refractivity contribution in [2.24, 2.45) is 17.3 Å². The summed E-state index contributed by atoms with van der Waals surface area (Å²) in [5.74, 6) is 1.06. The Bertz CT molecular complexity index is 1290. The Morgan fingerprint density at radius 3 is 2.73 bits per heavy atom. The van der Waals surface area contributed by atoms with Crippen LogP contribution < -0.4 is 4.74 Å². The molecule has 6 nitrogen and oxygen atoms in total. The van der Waals surface area contributed by atoms with Gasteiger partial charge in [0.1, 0.15) is 11.7 Å². The second kappa shape index (κ2) is 7.29. The zero-order valence-corrected chi connectivity index (χ0v) is 21.5. The second-order valence-corrected chi connectivity index (χ2v) is 12.8. The van der Waals surface area contributed by atoms with Gasteiger partial charge in [-0.2, -0.15) is 0 Å². The van der Waals surface area contributed by atoms with Gasteiger partial charge in [0.25, 0.3) is 0 Å². The van der Waals surface area contributed by atoms with Crippen LogP contribution in [0.3, 0.4) is 0 Å². The number of ether oxygens (including phenoxy) is 1. The number of aliphatic hydroxyl groups is 1. The number of amides is 1. The molecule has 4 fully saturated rings. The normalized spacial score (nSPS) is 38.7. The quantitative estimate of drug-likeness (QED) is 0.656. The molecule has 37 heavy (non-hydrogen) atoms. The Kier molecular flexibility index (Phi) is 4.42. The number of carbonyl (C=O) groups excluding carboxylic acids is 1. The van der Waals surface area contributed by atoms with Gasteiger partial charge in [-0.1, -0.05) is 36.4 Å². The number of piperidine rings is 1. The summed E-state index contributed by atoms with van der Waals surface area (Å²) in [4.78, 5) is 18.6. The molecule has 4 bridgehead atoms. The Morgan fingerprint density at radius 2 is 1.95 bits per heavy atom. The molecule has 6 aliphatic rings. The molecule has 0 radical (unpaired) electrons. The average Bonchev–Trinajstić information content (AvgIpc) is 3.61. The first-order valence-corrected chi connectivity index (χ1v) is 14.2. The first kappa shape index (κ1) is 22.4. The molecule has 6 heteroatoms. The predicted molar refractivity (Wildman–Crippen MR) is 138 cm³/mol.